The Morgan fingerprint density at radius 2 is 1.95 bits per heavy atom. The molecule has 0 fully saturated rings. The number of rotatable bonds is 9. The maximum atomic E-state index is 12.8. The van der Waals surface area contributed by atoms with Gasteiger partial charge in [-0.15, -0.1) is 0 Å². The Balaban J connectivity index is 2.50. The van der Waals surface area contributed by atoms with Crippen LogP contribution in [0.2, 0.25) is 0 Å². The number of sulfonamides is 1. The van der Waals surface area contributed by atoms with E-state index in [0.29, 0.717) is 26.2 Å². The SMILES string of the molecule is CCOCCCNC(=O)C(C)NS(=O)(=O)c1ccc(F)cc1. The Bertz CT molecular complexity index is 575. The Labute approximate surface area is 130 Å². The summed E-state index contributed by atoms with van der Waals surface area (Å²) in [5.74, 6) is -0.957. The third-order valence-electron chi connectivity index (χ3n) is 2.82. The first kappa shape index (κ1) is 18.5. The number of halogens is 1. The van der Waals surface area contributed by atoms with Gasteiger partial charge in [0.2, 0.25) is 15.9 Å². The first-order valence-corrected chi connectivity index (χ1v) is 8.48. The van der Waals surface area contributed by atoms with Crippen molar-refractivity contribution in [3.05, 3.63) is 30.1 Å². The molecule has 124 valence electrons. The number of benzene rings is 1. The summed E-state index contributed by atoms with van der Waals surface area (Å²) in [6.07, 6.45) is 0.650. The van der Waals surface area contributed by atoms with E-state index in [1.54, 1.807) is 0 Å². The number of hydrogen-bond donors (Lipinski definition) is 2. The van der Waals surface area contributed by atoms with Crippen molar-refractivity contribution in [1.29, 1.82) is 0 Å². The molecule has 0 saturated carbocycles. The molecule has 0 aromatic heterocycles. The molecule has 0 heterocycles. The van der Waals surface area contributed by atoms with Crippen LogP contribution in [0.1, 0.15) is 20.3 Å². The molecular weight excluding hydrogens is 311 g/mol. The average Bonchev–Trinajstić information content (AvgIpc) is 2.46. The lowest BCUT2D eigenvalue weighted by Gasteiger charge is -2.14. The molecule has 0 aliphatic rings. The van der Waals surface area contributed by atoms with Crippen molar-refractivity contribution in [2.75, 3.05) is 19.8 Å². The van der Waals surface area contributed by atoms with E-state index in [0.717, 1.165) is 24.3 Å². The molecule has 1 aromatic carbocycles. The molecule has 0 aliphatic carbocycles. The van der Waals surface area contributed by atoms with Gasteiger partial charge in [-0.1, -0.05) is 0 Å². The normalized spacial score (nSPS) is 12.9. The second-order valence-electron chi connectivity index (χ2n) is 4.64. The van der Waals surface area contributed by atoms with Crippen LogP contribution in [-0.4, -0.2) is 40.1 Å². The van der Waals surface area contributed by atoms with Crippen LogP contribution in [-0.2, 0) is 19.6 Å². The first-order chi connectivity index (χ1) is 10.4. The summed E-state index contributed by atoms with van der Waals surface area (Å²) in [5, 5.41) is 2.62. The Morgan fingerprint density at radius 1 is 1.32 bits per heavy atom. The summed E-state index contributed by atoms with van der Waals surface area (Å²) in [7, 11) is -3.86. The summed E-state index contributed by atoms with van der Waals surface area (Å²) >= 11 is 0. The lowest BCUT2D eigenvalue weighted by atomic mass is 10.3. The smallest absolute Gasteiger partial charge is 0.241 e. The largest absolute Gasteiger partial charge is 0.382 e. The van der Waals surface area contributed by atoms with Gasteiger partial charge in [0.15, 0.2) is 0 Å². The summed E-state index contributed by atoms with van der Waals surface area (Å²) in [5.41, 5.74) is 0. The van der Waals surface area contributed by atoms with E-state index >= 15 is 0 Å². The van der Waals surface area contributed by atoms with Crippen LogP contribution in [0.3, 0.4) is 0 Å². The van der Waals surface area contributed by atoms with E-state index < -0.39 is 27.8 Å². The molecule has 0 bridgehead atoms. The number of carbonyl (C=O) groups excluding carboxylic acids is 1. The quantitative estimate of drug-likeness (QED) is 0.662. The van der Waals surface area contributed by atoms with Gasteiger partial charge in [0.1, 0.15) is 5.82 Å². The molecule has 0 radical (unpaired) electrons. The Hall–Kier alpha value is -1.51. The maximum Gasteiger partial charge on any atom is 0.241 e. The highest BCUT2D eigenvalue weighted by Crippen LogP contribution is 2.10. The van der Waals surface area contributed by atoms with Crippen LogP contribution in [0.15, 0.2) is 29.2 Å². The highest BCUT2D eigenvalue weighted by molar-refractivity contribution is 7.89. The molecule has 1 rings (SSSR count). The summed E-state index contributed by atoms with van der Waals surface area (Å²) < 4.78 is 44.3. The van der Waals surface area contributed by atoms with Crippen LogP contribution in [0, 0.1) is 5.82 Å². The predicted molar refractivity (Wildman–Crippen MR) is 80.3 cm³/mol. The van der Waals surface area contributed by atoms with Gasteiger partial charge in [-0.25, -0.2) is 12.8 Å². The van der Waals surface area contributed by atoms with Crippen LogP contribution in [0.25, 0.3) is 0 Å². The van der Waals surface area contributed by atoms with Gasteiger partial charge in [0.05, 0.1) is 10.9 Å². The molecule has 2 N–H and O–H groups in total. The first-order valence-electron chi connectivity index (χ1n) is 7.00. The van der Waals surface area contributed by atoms with Gasteiger partial charge < -0.3 is 10.1 Å². The van der Waals surface area contributed by atoms with Gasteiger partial charge in [0.25, 0.3) is 0 Å². The van der Waals surface area contributed by atoms with Crippen molar-refractivity contribution in [2.24, 2.45) is 0 Å². The maximum absolute atomic E-state index is 12.8. The monoisotopic (exact) mass is 332 g/mol. The van der Waals surface area contributed by atoms with Crippen molar-refractivity contribution in [1.82, 2.24) is 10.0 Å². The van der Waals surface area contributed by atoms with Crippen molar-refractivity contribution < 1.29 is 22.3 Å². The lowest BCUT2D eigenvalue weighted by Crippen LogP contribution is -2.45. The second kappa shape index (κ2) is 8.82. The number of amides is 1. The van der Waals surface area contributed by atoms with E-state index in [2.05, 4.69) is 10.0 Å². The zero-order valence-electron chi connectivity index (χ0n) is 12.6. The summed E-state index contributed by atoms with van der Waals surface area (Å²) in [6.45, 7) is 4.87. The van der Waals surface area contributed by atoms with E-state index in [1.807, 2.05) is 6.92 Å². The molecule has 22 heavy (non-hydrogen) atoms. The third kappa shape index (κ3) is 6.08. The van der Waals surface area contributed by atoms with E-state index in [4.69, 9.17) is 4.74 Å². The molecule has 0 spiro atoms. The number of hydrogen-bond acceptors (Lipinski definition) is 4. The van der Waals surface area contributed by atoms with Crippen LogP contribution in [0.5, 0.6) is 0 Å². The zero-order valence-corrected chi connectivity index (χ0v) is 13.5. The van der Waals surface area contributed by atoms with Gasteiger partial charge in [-0.3, -0.25) is 4.79 Å². The molecule has 1 amide bonds. The van der Waals surface area contributed by atoms with E-state index in [1.165, 1.54) is 6.92 Å². The van der Waals surface area contributed by atoms with Crippen LogP contribution in [0.4, 0.5) is 4.39 Å². The predicted octanol–water partition coefficient (Wildman–Crippen LogP) is 1.04. The fraction of sp³-hybridized carbons (Fsp3) is 0.500. The van der Waals surface area contributed by atoms with Crippen molar-refractivity contribution in [2.45, 2.75) is 31.2 Å². The standard InChI is InChI=1S/C14H21FN2O4S/c1-3-21-10-4-9-16-14(18)11(2)17-22(19,20)13-7-5-12(15)6-8-13/h5-8,11,17H,3-4,9-10H2,1-2H3,(H,16,18). The topological polar surface area (TPSA) is 84.5 Å². The van der Waals surface area contributed by atoms with Gasteiger partial charge in [-0.2, -0.15) is 4.72 Å². The van der Waals surface area contributed by atoms with E-state index in [-0.39, 0.29) is 4.90 Å². The van der Waals surface area contributed by atoms with Gasteiger partial charge in [-0.05, 0) is 44.5 Å². The number of nitrogens with one attached hydrogen (secondary N) is 2. The van der Waals surface area contributed by atoms with Crippen LogP contribution < -0.4 is 10.0 Å². The van der Waals surface area contributed by atoms with Crippen molar-refractivity contribution >= 4 is 15.9 Å². The molecule has 8 heteroatoms. The highest BCUT2D eigenvalue weighted by atomic mass is 32.2. The fourth-order valence-electron chi connectivity index (χ4n) is 1.65. The van der Waals surface area contributed by atoms with E-state index in [9.17, 15) is 17.6 Å². The molecular formula is C14H21FN2O4S. The minimum Gasteiger partial charge on any atom is -0.382 e. The molecule has 1 atom stereocenters. The molecule has 6 nitrogen and oxygen atoms in total. The number of ether oxygens (including phenoxy) is 1. The third-order valence-corrected chi connectivity index (χ3v) is 4.37. The minimum atomic E-state index is -3.86. The van der Waals surface area contributed by atoms with Crippen molar-refractivity contribution in [3.63, 3.8) is 0 Å². The average molecular weight is 332 g/mol. The fourth-order valence-corrected chi connectivity index (χ4v) is 2.85. The van der Waals surface area contributed by atoms with Gasteiger partial charge >= 0.3 is 0 Å². The summed E-state index contributed by atoms with van der Waals surface area (Å²) in [4.78, 5) is 11.7. The Morgan fingerprint density at radius 3 is 2.55 bits per heavy atom. The van der Waals surface area contributed by atoms with Crippen molar-refractivity contribution in [3.8, 4) is 0 Å². The lowest BCUT2D eigenvalue weighted by molar-refractivity contribution is -0.122. The van der Waals surface area contributed by atoms with Gasteiger partial charge in [0, 0.05) is 19.8 Å². The number of carbonyl (C=O) groups is 1. The summed E-state index contributed by atoms with van der Waals surface area (Å²) in [6, 6.07) is 3.46. The minimum absolute atomic E-state index is 0.0927. The molecule has 0 saturated heterocycles. The highest BCUT2D eigenvalue weighted by Gasteiger charge is 2.21. The Kier molecular flexibility index (Phi) is 7.43. The second-order valence-corrected chi connectivity index (χ2v) is 6.35. The molecule has 1 unspecified atom stereocenters. The zero-order chi connectivity index (χ0) is 16.6. The molecule has 1 aromatic rings. The molecule has 0 aliphatic heterocycles. The van der Waals surface area contributed by atoms with Crippen LogP contribution >= 0.6 is 0 Å².